The minimum absolute atomic E-state index is 0.0284. The quantitative estimate of drug-likeness (QED) is 0.523. The predicted molar refractivity (Wildman–Crippen MR) is 125 cm³/mol. The number of hydrogen-bond donors (Lipinski definition) is 3. The standard InChI is InChI=1S/C26H30N2O6/c1-33-23(25(31)28-22-12-6-7-16(22)13-24(29)30)14-27-26(32)34-15-21-19-10-4-2-8-17(19)18-9-3-5-11-20(18)21/h2-5,8-11,16,21-23H,6-7,12-15H2,1H3,(H,27,32)(H,28,31)(H,29,30)/t16-,22+,23?/m0/s1. The first-order valence-corrected chi connectivity index (χ1v) is 11.6. The third-order valence-corrected chi connectivity index (χ3v) is 6.78. The Morgan fingerprint density at radius 3 is 2.29 bits per heavy atom. The number of carboxylic acid groups (broad SMARTS) is 1. The lowest BCUT2D eigenvalue weighted by Gasteiger charge is -2.23. The number of alkyl carbamates (subject to hydrolysis) is 1. The molecule has 8 nitrogen and oxygen atoms in total. The van der Waals surface area contributed by atoms with Gasteiger partial charge in [0.1, 0.15) is 6.61 Å². The molecule has 8 heteroatoms. The second kappa shape index (κ2) is 10.7. The van der Waals surface area contributed by atoms with Gasteiger partial charge in [-0.1, -0.05) is 55.0 Å². The minimum Gasteiger partial charge on any atom is -0.481 e. The lowest BCUT2D eigenvalue weighted by Crippen LogP contribution is -2.48. The zero-order chi connectivity index (χ0) is 24.1. The van der Waals surface area contributed by atoms with Gasteiger partial charge in [0.25, 0.3) is 5.91 Å². The monoisotopic (exact) mass is 466 g/mol. The summed E-state index contributed by atoms with van der Waals surface area (Å²) in [6.45, 7) is 0.137. The molecule has 3 atom stereocenters. The van der Waals surface area contributed by atoms with E-state index in [4.69, 9.17) is 14.6 Å². The molecule has 0 saturated heterocycles. The van der Waals surface area contributed by atoms with Gasteiger partial charge in [-0.25, -0.2) is 4.79 Å². The Morgan fingerprint density at radius 1 is 1.03 bits per heavy atom. The van der Waals surface area contributed by atoms with Crippen LogP contribution in [0.5, 0.6) is 0 Å². The maximum Gasteiger partial charge on any atom is 0.407 e. The van der Waals surface area contributed by atoms with E-state index in [2.05, 4.69) is 22.8 Å². The number of amides is 2. The molecule has 1 saturated carbocycles. The Labute approximate surface area is 198 Å². The van der Waals surface area contributed by atoms with Gasteiger partial charge in [0.05, 0.1) is 13.0 Å². The number of carbonyl (C=O) groups is 3. The van der Waals surface area contributed by atoms with Crippen molar-refractivity contribution < 1.29 is 29.0 Å². The number of methoxy groups -OCH3 is 1. The normalized spacial score (nSPS) is 19.7. The second-order valence-corrected chi connectivity index (χ2v) is 8.83. The molecule has 1 unspecified atom stereocenters. The summed E-state index contributed by atoms with van der Waals surface area (Å²) in [6, 6.07) is 16.0. The van der Waals surface area contributed by atoms with E-state index in [9.17, 15) is 14.4 Å². The summed E-state index contributed by atoms with van der Waals surface area (Å²) < 4.78 is 10.8. The highest BCUT2D eigenvalue weighted by molar-refractivity contribution is 5.82. The van der Waals surface area contributed by atoms with Gasteiger partial charge >= 0.3 is 12.1 Å². The lowest BCUT2D eigenvalue weighted by molar-refractivity contribution is -0.139. The number of rotatable bonds is 9. The molecule has 2 aliphatic carbocycles. The van der Waals surface area contributed by atoms with Gasteiger partial charge in [0, 0.05) is 19.1 Å². The molecule has 2 amide bonds. The van der Waals surface area contributed by atoms with Crippen LogP contribution in [0.3, 0.4) is 0 Å². The van der Waals surface area contributed by atoms with Gasteiger partial charge in [0.2, 0.25) is 0 Å². The van der Waals surface area contributed by atoms with E-state index < -0.39 is 18.2 Å². The maximum atomic E-state index is 12.6. The first-order valence-electron chi connectivity index (χ1n) is 11.6. The van der Waals surface area contributed by atoms with Crippen molar-refractivity contribution in [2.24, 2.45) is 5.92 Å². The Balaban J connectivity index is 1.29. The van der Waals surface area contributed by atoms with E-state index in [0.29, 0.717) is 0 Å². The molecule has 180 valence electrons. The van der Waals surface area contributed by atoms with Crippen LogP contribution in [-0.4, -0.2) is 55.5 Å². The molecule has 2 aromatic rings. The Hall–Kier alpha value is -3.39. The fourth-order valence-electron chi connectivity index (χ4n) is 5.08. The second-order valence-electron chi connectivity index (χ2n) is 8.83. The van der Waals surface area contributed by atoms with Crippen LogP contribution in [0.25, 0.3) is 11.1 Å². The minimum atomic E-state index is -0.897. The zero-order valence-corrected chi connectivity index (χ0v) is 19.2. The predicted octanol–water partition coefficient (Wildman–Crippen LogP) is 3.30. The summed E-state index contributed by atoms with van der Waals surface area (Å²) in [7, 11) is 1.40. The van der Waals surface area contributed by atoms with Crippen molar-refractivity contribution in [2.45, 2.75) is 43.7 Å². The van der Waals surface area contributed by atoms with Crippen LogP contribution >= 0.6 is 0 Å². The molecular formula is C26H30N2O6. The van der Waals surface area contributed by atoms with Crippen molar-refractivity contribution in [1.29, 1.82) is 0 Å². The Morgan fingerprint density at radius 2 is 1.68 bits per heavy atom. The maximum absolute atomic E-state index is 12.6. The molecule has 3 N–H and O–H groups in total. The fraction of sp³-hybridized carbons (Fsp3) is 0.423. The molecule has 34 heavy (non-hydrogen) atoms. The van der Waals surface area contributed by atoms with Crippen molar-refractivity contribution in [2.75, 3.05) is 20.3 Å². The summed E-state index contributed by atoms with van der Waals surface area (Å²) >= 11 is 0. The van der Waals surface area contributed by atoms with Gasteiger partial charge in [-0.2, -0.15) is 0 Å². The average Bonchev–Trinajstić information content (AvgIpc) is 3.39. The van der Waals surface area contributed by atoms with Crippen LogP contribution in [-0.2, 0) is 19.1 Å². The van der Waals surface area contributed by atoms with E-state index in [1.807, 2.05) is 36.4 Å². The summed E-state index contributed by atoms with van der Waals surface area (Å²) in [5.74, 6) is -1.38. The molecule has 0 bridgehead atoms. The Kier molecular flexibility index (Phi) is 7.47. The lowest BCUT2D eigenvalue weighted by atomic mass is 9.98. The molecule has 1 fully saturated rings. The molecule has 2 aromatic carbocycles. The van der Waals surface area contributed by atoms with E-state index in [1.165, 1.54) is 7.11 Å². The van der Waals surface area contributed by atoms with Gasteiger partial charge in [0.15, 0.2) is 6.10 Å². The molecule has 0 heterocycles. The van der Waals surface area contributed by atoms with Gasteiger partial charge in [-0.15, -0.1) is 0 Å². The van der Waals surface area contributed by atoms with Gasteiger partial charge in [-0.3, -0.25) is 9.59 Å². The number of hydrogen-bond acceptors (Lipinski definition) is 5. The molecule has 0 spiro atoms. The molecular weight excluding hydrogens is 436 g/mol. The van der Waals surface area contributed by atoms with Crippen molar-refractivity contribution in [3.8, 4) is 11.1 Å². The number of ether oxygens (including phenoxy) is 2. The molecule has 2 aliphatic rings. The van der Waals surface area contributed by atoms with Crippen molar-refractivity contribution >= 4 is 18.0 Å². The van der Waals surface area contributed by atoms with Gasteiger partial charge in [-0.05, 0) is 41.0 Å². The van der Waals surface area contributed by atoms with Crippen LogP contribution in [0.1, 0.15) is 42.7 Å². The number of carboxylic acids is 1. The van der Waals surface area contributed by atoms with Crippen LogP contribution in [0.2, 0.25) is 0 Å². The van der Waals surface area contributed by atoms with Crippen LogP contribution in [0.15, 0.2) is 48.5 Å². The fourth-order valence-corrected chi connectivity index (χ4v) is 5.08. The van der Waals surface area contributed by atoms with Crippen molar-refractivity contribution in [3.05, 3.63) is 59.7 Å². The topological polar surface area (TPSA) is 114 Å². The molecule has 0 aliphatic heterocycles. The highest BCUT2D eigenvalue weighted by Gasteiger charge is 2.32. The average molecular weight is 467 g/mol. The third-order valence-electron chi connectivity index (χ3n) is 6.78. The highest BCUT2D eigenvalue weighted by atomic mass is 16.5. The van der Waals surface area contributed by atoms with Crippen LogP contribution in [0.4, 0.5) is 4.79 Å². The summed E-state index contributed by atoms with van der Waals surface area (Å²) in [4.78, 5) is 36.1. The van der Waals surface area contributed by atoms with E-state index in [1.54, 1.807) is 0 Å². The summed E-state index contributed by atoms with van der Waals surface area (Å²) in [5.41, 5.74) is 4.55. The smallest absolute Gasteiger partial charge is 0.407 e. The largest absolute Gasteiger partial charge is 0.481 e. The van der Waals surface area contributed by atoms with Crippen molar-refractivity contribution in [3.63, 3.8) is 0 Å². The van der Waals surface area contributed by atoms with Crippen molar-refractivity contribution in [1.82, 2.24) is 10.6 Å². The van der Waals surface area contributed by atoms with Crippen LogP contribution < -0.4 is 10.6 Å². The number of nitrogens with one attached hydrogen (secondary N) is 2. The zero-order valence-electron chi connectivity index (χ0n) is 19.2. The number of benzene rings is 2. The Bertz CT molecular complexity index is 1010. The van der Waals surface area contributed by atoms with Gasteiger partial charge < -0.3 is 25.2 Å². The SMILES string of the molecule is COC(CNC(=O)OCC1c2ccccc2-c2ccccc21)C(=O)N[C@@H]1CCC[C@H]1CC(=O)O. The molecule has 0 aromatic heterocycles. The van der Waals surface area contributed by atoms with E-state index >= 15 is 0 Å². The highest BCUT2D eigenvalue weighted by Crippen LogP contribution is 2.44. The number of carbonyl (C=O) groups excluding carboxylic acids is 2. The third kappa shape index (κ3) is 5.22. The molecule has 0 radical (unpaired) electrons. The molecule has 4 rings (SSSR count). The first kappa shape index (κ1) is 23.8. The first-order chi connectivity index (χ1) is 16.5. The summed E-state index contributed by atoms with van der Waals surface area (Å²) in [5, 5.41) is 14.6. The number of fused-ring (bicyclic) bond motifs is 3. The van der Waals surface area contributed by atoms with E-state index in [0.717, 1.165) is 41.5 Å². The van der Waals surface area contributed by atoms with Crippen LogP contribution in [0, 0.1) is 5.92 Å². The number of aliphatic carboxylic acids is 1. The van der Waals surface area contributed by atoms with E-state index in [-0.39, 0.29) is 43.4 Å². The summed E-state index contributed by atoms with van der Waals surface area (Å²) in [6.07, 6.45) is 0.888.